The normalized spacial score (nSPS) is 23.6. The van der Waals surface area contributed by atoms with Gasteiger partial charge in [-0.1, -0.05) is 78.7 Å². The first-order chi connectivity index (χ1) is 28.9. The number of amides is 1. The molecule has 1 amide bonds. The number of thioether (sulfide) groups is 1. The number of carbonyl (C=O) groups is 1. The zero-order valence-corrected chi connectivity index (χ0v) is 35.2. The maximum atomic E-state index is 14.0. The maximum Gasteiger partial charge on any atom is 0.410 e. The van der Waals surface area contributed by atoms with Crippen LogP contribution in [0.5, 0.6) is 11.5 Å². The number of benzene rings is 3. The van der Waals surface area contributed by atoms with Crippen molar-refractivity contribution in [2.24, 2.45) is 22.9 Å². The standard InChI is InChI=1S/C47H60N2O9S/c1-4-25-57-47-43(49(2)46(52)56-27-26-54-33-34-15-7-5-8-16-34)32-41(48-53-3)39-30-35(17-11-13-23-50)38(20-12-14-24-51)44(45(39)47)40-31-36(21-22-42(40)58-47)55-28-29-59-37-18-9-6-10-19-37/h4-10,15-16,18-19,21-22,30-31,35,38,43-45,50-51H,1,11-14,17,20,23-29,32-33H2,2-3H3/t35-,38+,43-,44+,45+,47+/m0/s1. The van der Waals surface area contributed by atoms with Crippen molar-refractivity contribution < 1.29 is 43.5 Å². The van der Waals surface area contributed by atoms with Gasteiger partial charge in [-0.15, -0.1) is 18.3 Å². The van der Waals surface area contributed by atoms with E-state index < -0.39 is 23.8 Å². The van der Waals surface area contributed by atoms with Gasteiger partial charge in [0.15, 0.2) is 0 Å². The van der Waals surface area contributed by atoms with Crippen LogP contribution in [-0.2, 0) is 25.7 Å². The number of hydrogen-bond donors (Lipinski definition) is 2. The van der Waals surface area contributed by atoms with E-state index in [0.29, 0.717) is 31.8 Å². The number of fused-ring (bicyclic) bond motifs is 2. The highest BCUT2D eigenvalue weighted by molar-refractivity contribution is 7.99. The summed E-state index contributed by atoms with van der Waals surface area (Å²) in [5.41, 5.74) is 3.73. The van der Waals surface area contributed by atoms with Crippen LogP contribution in [0.2, 0.25) is 0 Å². The Labute approximate surface area is 353 Å². The fraction of sp³-hybridized carbons (Fsp3) is 0.489. The van der Waals surface area contributed by atoms with Gasteiger partial charge in [-0.2, -0.15) is 0 Å². The number of ether oxygens (including phenoxy) is 5. The Balaban J connectivity index is 1.36. The lowest BCUT2D eigenvalue weighted by molar-refractivity contribution is -0.253. The van der Waals surface area contributed by atoms with Crippen LogP contribution in [0.25, 0.3) is 0 Å². The first-order valence-corrected chi connectivity index (χ1v) is 21.9. The molecule has 6 atom stereocenters. The Hall–Kier alpha value is -4.33. The SMILES string of the molecule is C=CCO[C@@]12Oc3ccc(OCCSc4ccccc4)cc3[C@H]3[C@H](CCCCO)[C@@H](CCCCO)C=C(C(=NOC)C[C@@H]1N(C)C(=O)OCCOCc1ccccc1)[C@H]32. The van der Waals surface area contributed by atoms with Crippen molar-refractivity contribution in [2.75, 3.05) is 59.6 Å². The van der Waals surface area contributed by atoms with Crippen molar-refractivity contribution in [3.63, 3.8) is 0 Å². The average Bonchev–Trinajstić information content (AvgIpc) is 3.26. The number of nitrogens with zero attached hydrogens (tertiary/aromatic N) is 2. The molecule has 1 saturated carbocycles. The summed E-state index contributed by atoms with van der Waals surface area (Å²) in [5.74, 6) is 0.507. The van der Waals surface area contributed by atoms with Crippen LogP contribution in [0, 0.1) is 17.8 Å². The summed E-state index contributed by atoms with van der Waals surface area (Å²) >= 11 is 1.75. The second-order valence-electron chi connectivity index (χ2n) is 15.2. The van der Waals surface area contributed by atoms with Crippen molar-refractivity contribution in [3.05, 3.63) is 114 Å². The highest BCUT2D eigenvalue weighted by atomic mass is 32.2. The fourth-order valence-corrected chi connectivity index (χ4v) is 9.70. The molecule has 3 aliphatic rings. The Bertz CT molecular complexity index is 1840. The molecule has 1 fully saturated rings. The van der Waals surface area contributed by atoms with Crippen LogP contribution in [-0.4, -0.2) is 98.3 Å². The predicted octanol–water partition coefficient (Wildman–Crippen LogP) is 8.41. The lowest BCUT2D eigenvalue weighted by Gasteiger charge is -2.59. The quantitative estimate of drug-likeness (QED) is 0.0416. The van der Waals surface area contributed by atoms with Gasteiger partial charge in [0.1, 0.15) is 31.3 Å². The number of rotatable bonds is 23. The third-order valence-corrected chi connectivity index (χ3v) is 12.5. The highest BCUT2D eigenvalue weighted by Crippen LogP contribution is 2.61. The van der Waals surface area contributed by atoms with Crippen molar-refractivity contribution in [3.8, 4) is 11.5 Å². The first-order valence-electron chi connectivity index (χ1n) is 20.9. The Kier molecular flexibility index (Phi) is 16.7. The smallest absolute Gasteiger partial charge is 0.410 e. The van der Waals surface area contributed by atoms with Crippen LogP contribution >= 0.6 is 11.8 Å². The van der Waals surface area contributed by atoms with Gasteiger partial charge < -0.3 is 43.6 Å². The molecule has 0 saturated heterocycles. The van der Waals surface area contributed by atoms with Gasteiger partial charge in [-0.3, -0.25) is 0 Å². The van der Waals surface area contributed by atoms with Gasteiger partial charge in [-0.25, -0.2) is 4.79 Å². The molecule has 3 aromatic carbocycles. The van der Waals surface area contributed by atoms with E-state index in [4.69, 9.17) is 28.5 Å². The molecule has 2 N–H and O–H groups in total. The third-order valence-electron chi connectivity index (χ3n) is 11.5. The van der Waals surface area contributed by atoms with Gasteiger partial charge in [0.05, 0.1) is 38.1 Å². The summed E-state index contributed by atoms with van der Waals surface area (Å²) in [6.45, 7) is 5.63. The number of oxime groups is 1. The number of allylic oxidation sites excluding steroid dienone is 1. The predicted molar refractivity (Wildman–Crippen MR) is 230 cm³/mol. The summed E-state index contributed by atoms with van der Waals surface area (Å²) < 4.78 is 32.2. The van der Waals surface area contributed by atoms with Crippen molar-refractivity contribution in [2.45, 2.75) is 74.2 Å². The second-order valence-corrected chi connectivity index (χ2v) is 16.4. The van der Waals surface area contributed by atoms with Gasteiger partial charge in [0.2, 0.25) is 5.79 Å². The van der Waals surface area contributed by atoms with E-state index in [9.17, 15) is 15.0 Å². The Morgan fingerprint density at radius 3 is 2.46 bits per heavy atom. The number of unbranched alkanes of at least 4 members (excludes halogenated alkanes) is 2. The highest BCUT2D eigenvalue weighted by Gasteiger charge is 2.65. The summed E-state index contributed by atoms with van der Waals surface area (Å²) in [6.07, 6.45) is 8.53. The molecule has 3 aromatic rings. The summed E-state index contributed by atoms with van der Waals surface area (Å²) in [5, 5.41) is 24.3. The van der Waals surface area contributed by atoms with Gasteiger partial charge in [0, 0.05) is 48.8 Å². The van der Waals surface area contributed by atoms with Crippen molar-refractivity contribution >= 4 is 23.6 Å². The summed E-state index contributed by atoms with van der Waals surface area (Å²) in [6, 6.07) is 25.5. The topological polar surface area (TPSA) is 129 Å². The zero-order valence-electron chi connectivity index (χ0n) is 34.4. The van der Waals surface area contributed by atoms with E-state index in [1.165, 1.54) is 12.0 Å². The molecule has 0 aromatic heterocycles. The third kappa shape index (κ3) is 10.9. The fourth-order valence-electron chi connectivity index (χ4n) is 8.94. The number of hydrogen-bond acceptors (Lipinski definition) is 11. The molecule has 0 spiro atoms. The van der Waals surface area contributed by atoms with Crippen molar-refractivity contribution in [1.29, 1.82) is 0 Å². The van der Waals surface area contributed by atoms with Gasteiger partial charge in [-0.05, 0) is 79.0 Å². The molecule has 6 rings (SSSR count). The molecule has 1 heterocycles. The number of aliphatic hydroxyl groups is 2. The molecule has 2 aliphatic carbocycles. The van der Waals surface area contributed by atoms with Crippen LogP contribution < -0.4 is 9.47 Å². The summed E-state index contributed by atoms with van der Waals surface area (Å²) in [7, 11) is 3.25. The number of carbonyl (C=O) groups excluding carboxylic acids is 1. The molecular formula is C47H60N2O9S. The van der Waals surface area contributed by atoms with E-state index in [1.807, 2.05) is 60.7 Å². The first kappa shape index (κ1) is 44.2. The molecule has 12 heteroatoms. The second kappa shape index (κ2) is 22.3. The van der Waals surface area contributed by atoms with Gasteiger partial charge >= 0.3 is 6.09 Å². The van der Waals surface area contributed by atoms with E-state index in [0.717, 1.165) is 59.6 Å². The molecule has 1 aliphatic heterocycles. The number of aliphatic hydroxyl groups excluding tert-OH is 2. The minimum atomic E-state index is -1.36. The molecule has 0 unspecified atom stereocenters. The lowest BCUT2D eigenvalue weighted by atomic mass is 9.55. The zero-order chi connectivity index (χ0) is 41.5. The molecule has 11 nitrogen and oxygen atoms in total. The molecule has 59 heavy (non-hydrogen) atoms. The van der Waals surface area contributed by atoms with Crippen molar-refractivity contribution in [1.82, 2.24) is 4.90 Å². The number of likely N-dealkylation sites (N-methyl/N-ethyl adjacent to an activating group) is 1. The Morgan fingerprint density at radius 1 is 0.983 bits per heavy atom. The Morgan fingerprint density at radius 2 is 1.73 bits per heavy atom. The van der Waals surface area contributed by atoms with Crippen LogP contribution in [0.4, 0.5) is 4.79 Å². The van der Waals surface area contributed by atoms with Crippen LogP contribution in [0.3, 0.4) is 0 Å². The monoisotopic (exact) mass is 828 g/mol. The average molecular weight is 829 g/mol. The minimum absolute atomic E-state index is 0.0677. The van der Waals surface area contributed by atoms with E-state index >= 15 is 0 Å². The molecule has 0 bridgehead atoms. The molecular weight excluding hydrogens is 769 g/mol. The summed E-state index contributed by atoms with van der Waals surface area (Å²) in [4.78, 5) is 22.3. The van der Waals surface area contributed by atoms with Gasteiger partial charge in [0.25, 0.3) is 0 Å². The van der Waals surface area contributed by atoms with E-state index in [-0.39, 0.29) is 57.2 Å². The largest absolute Gasteiger partial charge is 0.493 e. The van der Waals surface area contributed by atoms with Crippen LogP contribution in [0.15, 0.2) is 113 Å². The van der Waals surface area contributed by atoms with E-state index in [2.05, 4.69) is 36.0 Å². The lowest BCUT2D eigenvalue weighted by Crippen LogP contribution is -2.69. The minimum Gasteiger partial charge on any atom is -0.493 e. The van der Waals surface area contributed by atoms with Crippen LogP contribution in [0.1, 0.15) is 62.0 Å². The van der Waals surface area contributed by atoms with E-state index in [1.54, 1.807) is 29.8 Å². The maximum absolute atomic E-state index is 14.0. The molecule has 0 radical (unpaired) electrons. The molecule has 318 valence electrons.